The molecule has 5 rings (SSSR count). The van der Waals surface area contributed by atoms with Crippen molar-refractivity contribution in [1.29, 1.82) is 0 Å². The second-order valence-electron chi connectivity index (χ2n) is 9.84. The first-order valence-corrected chi connectivity index (χ1v) is 12.6. The molecule has 0 spiro atoms. The van der Waals surface area contributed by atoms with E-state index in [1.54, 1.807) is 0 Å². The van der Waals surface area contributed by atoms with Gasteiger partial charge in [0.1, 0.15) is 47.2 Å². The molecule has 0 amide bonds. The van der Waals surface area contributed by atoms with Crippen LogP contribution in [0.15, 0.2) is 39.5 Å². The number of hydrogen-bond donors (Lipinski definition) is 10. The van der Waals surface area contributed by atoms with Crippen LogP contribution in [0, 0.1) is 0 Å². The predicted molar refractivity (Wildman–Crippen MR) is 136 cm³/mol. The minimum Gasteiger partial charge on any atom is -0.504 e. The Labute approximate surface area is 239 Å². The van der Waals surface area contributed by atoms with Crippen molar-refractivity contribution in [3.05, 3.63) is 40.6 Å². The number of carboxylic acid groups (broad SMARTS) is 1. The number of phenolic OH excluding ortho intramolecular Hbond substituents is 4. The van der Waals surface area contributed by atoms with Crippen LogP contribution in [0.3, 0.4) is 0 Å². The Morgan fingerprint density at radius 1 is 0.837 bits per heavy atom. The molecule has 0 bridgehead atoms. The number of ether oxygens (including phenoxy) is 4. The summed E-state index contributed by atoms with van der Waals surface area (Å²) in [5.74, 6) is -5.24. The highest BCUT2D eigenvalue weighted by Gasteiger charge is 2.51. The molecule has 0 saturated carbocycles. The van der Waals surface area contributed by atoms with E-state index in [0.29, 0.717) is 0 Å². The SMILES string of the molecule is O=C(O)[C@H]1O[C@@H](O[C@H]2[C@H](Oc3c(O)cc4oc(-c5ccc(O)c(O)c5)cc(=O)c4c3O)OC[C@H](O)[C@@H]2O)[C@H](O)[C@@H](O)[C@H]1O. The highest BCUT2D eigenvalue weighted by molar-refractivity contribution is 5.89. The number of aliphatic carboxylic acids is 1. The maximum Gasteiger partial charge on any atom is 0.335 e. The molecule has 17 nitrogen and oxygen atoms in total. The number of aliphatic hydroxyl groups is 5. The molecule has 2 fully saturated rings. The third-order valence-corrected chi connectivity index (χ3v) is 6.96. The van der Waals surface area contributed by atoms with Crippen LogP contribution in [-0.4, -0.2) is 119 Å². The van der Waals surface area contributed by atoms with Gasteiger partial charge in [-0.1, -0.05) is 0 Å². The van der Waals surface area contributed by atoms with E-state index in [9.17, 15) is 60.7 Å². The van der Waals surface area contributed by atoms with Gasteiger partial charge in [-0.2, -0.15) is 0 Å². The minimum atomic E-state index is -2.06. The van der Waals surface area contributed by atoms with Crippen molar-refractivity contribution < 1.29 is 79.2 Å². The summed E-state index contributed by atoms with van der Waals surface area (Å²) >= 11 is 0. The molecule has 2 aliphatic heterocycles. The number of fused-ring (bicyclic) bond motifs is 1. The fraction of sp³-hybridized carbons (Fsp3) is 0.385. The average Bonchev–Trinajstić information content (AvgIpc) is 2.95. The Hall–Kier alpha value is -4.20. The van der Waals surface area contributed by atoms with Crippen LogP contribution >= 0.6 is 0 Å². The predicted octanol–water partition coefficient (Wildman–Crippen LogP) is -1.98. The van der Waals surface area contributed by atoms with E-state index in [2.05, 4.69) is 0 Å². The maximum absolute atomic E-state index is 13.0. The second-order valence-corrected chi connectivity index (χ2v) is 9.84. The summed E-state index contributed by atoms with van der Waals surface area (Å²) in [6.45, 7) is -0.570. The quantitative estimate of drug-likeness (QED) is 0.135. The molecule has 10 N–H and O–H groups in total. The lowest BCUT2D eigenvalue weighted by molar-refractivity contribution is -0.343. The Kier molecular flexibility index (Phi) is 8.07. The van der Waals surface area contributed by atoms with Gasteiger partial charge in [0.25, 0.3) is 0 Å². The minimum absolute atomic E-state index is 0.0977. The van der Waals surface area contributed by atoms with Crippen molar-refractivity contribution in [2.24, 2.45) is 0 Å². The topological polar surface area (TPSA) is 286 Å². The van der Waals surface area contributed by atoms with Crippen LogP contribution in [0.4, 0.5) is 0 Å². The molecule has 3 aromatic rings. The molecule has 3 heterocycles. The van der Waals surface area contributed by atoms with Crippen LogP contribution in [-0.2, 0) is 19.0 Å². The molecule has 232 valence electrons. The number of rotatable bonds is 6. The maximum atomic E-state index is 13.0. The zero-order valence-corrected chi connectivity index (χ0v) is 21.6. The third-order valence-electron chi connectivity index (χ3n) is 6.96. The molecule has 2 aliphatic rings. The lowest BCUT2D eigenvalue weighted by Crippen LogP contribution is -2.64. The molecule has 9 atom stereocenters. The fourth-order valence-electron chi connectivity index (χ4n) is 4.65. The normalized spacial score (nSPS) is 31.1. The van der Waals surface area contributed by atoms with Gasteiger partial charge in [-0.25, -0.2) is 4.79 Å². The first kappa shape index (κ1) is 30.3. The van der Waals surface area contributed by atoms with Gasteiger partial charge in [0.2, 0.25) is 12.0 Å². The van der Waals surface area contributed by atoms with E-state index < -0.39 is 107 Å². The molecule has 2 saturated heterocycles. The Morgan fingerprint density at radius 2 is 1.56 bits per heavy atom. The molecule has 1 aromatic heterocycles. The zero-order valence-electron chi connectivity index (χ0n) is 21.6. The highest BCUT2D eigenvalue weighted by Crippen LogP contribution is 2.43. The first-order chi connectivity index (χ1) is 20.3. The lowest BCUT2D eigenvalue weighted by atomic mass is 9.98. The van der Waals surface area contributed by atoms with E-state index >= 15 is 0 Å². The van der Waals surface area contributed by atoms with Gasteiger partial charge in [0.15, 0.2) is 46.9 Å². The number of carbonyl (C=O) groups is 1. The van der Waals surface area contributed by atoms with Crippen molar-refractivity contribution in [3.63, 3.8) is 0 Å². The molecule has 17 heteroatoms. The van der Waals surface area contributed by atoms with Crippen molar-refractivity contribution in [2.75, 3.05) is 6.61 Å². The van der Waals surface area contributed by atoms with E-state index in [1.807, 2.05) is 0 Å². The Bertz CT molecular complexity index is 1590. The van der Waals surface area contributed by atoms with Gasteiger partial charge in [0, 0.05) is 17.7 Å². The van der Waals surface area contributed by atoms with E-state index in [4.69, 9.17) is 23.4 Å². The number of carboxylic acids is 1. The third kappa shape index (κ3) is 5.51. The number of aliphatic hydroxyl groups excluding tert-OH is 5. The summed E-state index contributed by atoms with van der Waals surface area (Å²) in [7, 11) is 0. The van der Waals surface area contributed by atoms with Crippen molar-refractivity contribution in [2.45, 2.75) is 55.3 Å². The number of hydrogen-bond acceptors (Lipinski definition) is 16. The van der Waals surface area contributed by atoms with E-state index in [1.165, 1.54) is 6.07 Å². The highest BCUT2D eigenvalue weighted by atomic mass is 16.8. The molecule has 0 aliphatic carbocycles. The van der Waals surface area contributed by atoms with Crippen molar-refractivity contribution >= 4 is 16.9 Å². The van der Waals surface area contributed by atoms with E-state index in [-0.39, 0.29) is 16.9 Å². The number of phenols is 4. The van der Waals surface area contributed by atoms with Gasteiger partial charge < -0.3 is 74.4 Å². The largest absolute Gasteiger partial charge is 0.504 e. The first-order valence-electron chi connectivity index (χ1n) is 12.6. The second kappa shape index (κ2) is 11.5. The Balaban J connectivity index is 1.47. The number of benzene rings is 2. The molecular formula is C26H26O17. The lowest BCUT2D eigenvalue weighted by Gasteiger charge is -2.43. The van der Waals surface area contributed by atoms with Crippen molar-refractivity contribution in [1.82, 2.24) is 0 Å². The summed E-state index contributed by atoms with van der Waals surface area (Å²) < 4.78 is 27.0. The zero-order chi connectivity index (χ0) is 31.3. The van der Waals surface area contributed by atoms with Crippen LogP contribution in [0.5, 0.6) is 28.7 Å². The smallest absolute Gasteiger partial charge is 0.335 e. The average molecular weight is 610 g/mol. The van der Waals surface area contributed by atoms with Gasteiger partial charge in [-0.3, -0.25) is 4.79 Å². The molecule has 2 aromatic carbocycles. The summed E-state index contributed by atoms with van der Waals surface area (Å²) in [4.78, 5) is 24.4. The van der Waals surface area contributed by atoms with E-state index in [0.717, 1.165) is 24.3 Å². The molecule has 0 unspecified atom stereocenters. The summed E-state index contributed by atoms with van der Waals surface area (Å²) in [5.41, 5.74) is -0.979. The Morgan fingerprint density at radius 3 is 2.23 bits per heavy atom. The van der Waals surface area contributed by atoms with Gasteiger partial charge in [0.05, 0.1) is 6.61 Å². The molecular weight excluding hydrogens is 584 g/mol. The van der Waals surface area contributed by atoms with Crippen LogP contribution in [0.25, 0.3) is 22.3 Å². The van der Waals surface area contributed by atoms with Gasteiger partial charge >= 0.3 is 5.97 Å². The fourth-order valence-corrected chi connectivity index (χ4v) is 4.65. The standard InChI is InChI=1S/C26H26O17/c27-8-2-1-7(3-9(8)28)13-4-10(29)15-14(40-13)5-11(30)21(17(15)33)41-26-23(16(32)12(31)6-39-26)43-25-20(36)18(34)19(35)22(42-25)24(37)38/h1-5,12,16,18-20,22-23,25-28,30-36H,6H2,(H,37,38)/t12-,16-,18-,19+,20+,22-,23+,25-,26-/m0/s1. The summed E-state index contributed by atoms with van der Waals surface area (Å²) in [6, 6.07) is 5.46. The number of aromatic hydroxyl groups is 4. The summed E-state index contributed by atoms with van der Waals surface area (Å²) in [6.07, 6.45) is -17.3. The summed E-state index contributed by atoms with van der Waals surface area (Å²) in [5, 5.41) is 101. The monoisotopic (exact) mass is 610 g/mol. The van der Waals surface area contributed by atoms with Crippen LogP contribution in [0.1, 0.15) is 0 Å². The van der Waals surface area contributed by atoms with Gasteiger partial charge in [-0.05, 0) is 18.2 Å². The van der Waals surface area contributed by atoms with Crippen molar-refractivity contribution in [3.8, 4) is 40.1 Å². The van der Waals surface area contributed by atoms with Crippen LogP contribution < -0.4 is 10.2 Å². The van der Waals surface area contributed by atoms with Gasteiger partial charge in [-0.15, -0.1) is 0 Å². The molecule has 43 heavy (non-hydrogen) atoms. The molecule has 0 radical (unpaired) electrons. The van der Waals surface area contributed by atoms with Crippen LogP contribution in [0.2, 0.25) is 0 Å².